The van der Waals surface area contributed by atoms with Crippen molar-refractivity contribution in [2.75, 3.05) is 0 Å². The minimum absolute atomic E-state index is 0.244. The van der Waals surface area contributed by atoms with Gasteiger partial charge in [-0.1, -0.05) is 23.8 Å². The summed E-state index contributed by atoms with van der Waals surface area (Å²) in [5, 5.41) is -0.182. The van der Waals surface area contributed by atoms with Crippen molar-refractivity contribution in [3.63, 3.8) is 0 Å². The summed E-state index contributed by atoms with van der Waals surface area (Å²) in [6.07, 6.45) is 3.26. The zero-order chi connectivity index (χ0) is 15.0. The maximum absolute atomic E-state index is 12.8. The zero-order valence-electron chi connectivity index (χ0n) is 11.3. The fourth-order valence-corrected chi connectivity index (χ4v) is 4.62. The van der Waals surface area contributed by atoms with Crippen LogP contribution in [0.2, 0.25) is 5.02 Å². The van der Waals surface area contributed by atoms with Gasteiger partial charge in [0.25, 0.3) is 0 Å². The third-order valence-corrected chi connectivity index (χ3v) is 6.27. The number of benzene rings is 1. The summed E-state index contributed by atoms with van der Waals surface area (Å²) < 4.78 is 31.3. The lowest BCUT2D eigenvalue weighted by Crippen LogP contribution is -2.39. The molecule has 1 aromatic carbocycles. The van der Waals surface area contributed by atoms with Gasteiger partial charge in [-0.2, -0.15) is 0 Å². The molecule has 0 aliphatic carbocycles. The zero-order valence-corrected chi connectivity index (χ0v) is 12.8. The second-order valence-corrected chi connectivity index (χ2v) is 7.57. The molecule has 1 aliphatic rings. The molecule has 0 unspecified atom stereocenters. The monoisotopic (exact) mass is 312 g/mol. The smallest absolute Gasteiger partial charge is 0.184 e. The predicted molar refractivity (Wildman–Crippen MR) is 80.7 cm³/mol. The first-order valence-corrected chi connectivity index (χ1v) is 8.19. The molecule has 0 saturated carbocycles. The second-order valence-electron chi connectivity index (χ2n) is 5.00. The van der Waals surface area contributed by atoms with Gasteiger partial charge in [-0.25, -0.2) is 8.42 Å². The molecule has 0 bridgehead atoms. The Hall–Kier alpha value is -1.10. The topological polar surface area (TPSA) is 43.4 Å². The molecule has 0 amide bonds. The third-order valence-electron chi connectivity index (χ3n) is 3.68. The molecule has 3 atom stereocenters. The van der Waals surface area contributed by atoms with Gasteiger partial charge < -0.3 is 4.74 Å². The molecule has 3 nitrogen and oxygen atoms in total. The van der Waals surface area contributed by atoms with Crippen molar-refractivity contribution < 1.29 is 13.2 Å². The van der Waals surface area contributed by atoms with E-state index in [0.717, 1.165) is 0 Å². The Labute approximate surface area is 124 Å². The van der Waals surface area contributed by atoms with Gasteiger partial charge in [-0.3, -0.25) is 0 Å². The van der Waals surface area contributed by atoms with Gasteiger partial charge in [-0.05, 0) is 37.6 Å². The van der Waals surface area contributed by atoms with Crippen LogP contribution < -0.4 is 0 Å². The summed E-state index contributed by atoms with van der Waals surface area (Å²) >= 11 is 5.80. The summed E-state index contributed by atoms with van der Waals surface area (Å²) in [6, 6.07) is 6.17. The van der Waals surface area contributed by atoms with Crippen molar-refractivity contribution in [2.24, 2.45) is 0 Å². The maximum Gasteiger partial charge on any atom is 0.184 e. The van der Waals surface area contributed by atoms with Crippen molar-refractivity contribution in [3.05, 3.63) is 54.6 Å². The lowest BCUT2D eigenvalue weighted by Gasteiger charge is -2.26. The lowest BCUT2D eigenvalue weighted by atomic mass is 10.0. The fraction of sp³-hybridized carbons (Fsp3) is 0.333. The molecule has 0 radical (unpaired) electrons. The lowest BCUT2D eigenvalue weighted by molar-refractivity contribution is 0.0286. The van der Waals surface area contributed by atoms with E-state index in [2.05, 4.69) is 13.2 Å². The average Bonchev–Trinajstić information content (AvgIpc) is 2.78. The Bertz CT molecular complexity index is 621. The Kier molecular flexibility index (Phi) is 4.09. The molecule has 1 aromatic rings. The number of hydrogen-bond donors (Lipinski definition) is 0. The number of rotatable bonds is 4. The van der Waals surface area contributed by atoms with E-state index in [-0.39, 0.29) is 11.0 Å². The van der Waals surface area contributed by atoms with Gasteiger partial charge in [0.1, 0.15) is 10.9 Å². The molecule has 20 heavy (non-hydrogen) atoms. The van der Waals surface area contributed by atoms with Crippen LogP contribution in [0.15, 0.2) is 54.5 Å². The third kappa shape index (κ3) is 2.55. The van der Waals surface area contributed by atoms with Crippen molar-refractivity contribution >= 4 is 21.4 Å². The quantitative estimate of drug-likeness (QED) is 0.800. The molecule has 2 rings (SSSR count). The van der Waals surface area contributed by atoms with E-state index in [1.54, 1.807) is 31.2 Å². The van der Waals surface area contributed by atoms with Crippen molar-refractivity contribution in [1.29, 1.82) is 0 Å². The summed E-state index contributed by atoms with van der Waals surface area (Å²) in [5.41, 5.74) is -0.919. The molecule has 1 saturated heterocycles. The Balaban J connectivity index is 2.45. The van der Waals surface area contributed by atoms with E-state index in [1.807, 2.05) is 0 Å². The minimum atomic E-state index is -3.52. The van der Waals surface area contributed by atoms with Gasteiger partial charge in [-0.15, -0.1) is 13.2 Å². The predicted octanol–water partition coefficient (Wildman–Crippen LogP) is 3.40. The normalized spacial score (nSPS) is 30.1. The average molecular weight is 313 g/mol. The molecule has 0 N–H and O–H groups in total. The molecule has 1 heterocycles. The first-order chi connectivity index (χ1) is 9.33. The molecule has 0 spiro atoms. The maximum atomic E-state index is 12.8. The summed E-state index contributed by atoms with van der Waals surface area (Å²) in [6.45, 7) is 9.12. The molecule has 108 valence electrons. The van der Waals surface area contributed by atoms with Crippen LogP contribution in [0.1, 0.15) is 13.3 Å². The summed E-state index contributed by atoms with van der Waals surface area (Å²) in [4.78, 5) is 0.244. The van der Waals surface area contributed by atoms with Crippen LogP contribution in [0.25, 0.3) is 0 Å². The van der Waals surface area contributed by atoms with Gasteiger partial charge in [0.2, 0.25) is 0 Å². The molecular weight excluding hydrogens is 296 g/mol. The van der Waals surface area contributed by atoms with Crippen molar-refractivity contribution in [2.45, 2.75) is 35.2 Å². The molecule has 0 aromatic heterocycles. The Morgan fingerprint density at radius 1 is 1.35 bits per heavy atom. The molecular formula is C15H17ClO3S. The largest absolute Gasteiger partial charge is 0.363 e. The Morgan fingerprint density at radius 2 is 1.95 bits per heavy atom. The van der Waals surface area contributed by atoms with E-state index >= 15 is 0 Å². The first-order valence-electron chi connectivity index (χ1n) is 6.27. The van der Waals surface area contributed by atoms with E-state index in [4.69, 9.17) is 16.3 Å². The number of sulfone groups is 1. The first kappa shape index (κ1) is 15.3. The van der Waals surface area contributed by atoms with E-state index in [0.29, 0.717) is 11.4 Å². The van der Waals surface area contributed by atoms with Gasteiger partial charge in [0.05, 0.1) is 11.0 Å². The summed E-state index contributed by atoms with van der Waals surface area (Å²) in [5.74, 6) is 0. The fourth-order valence-electron chi connectivity index (χ4n) is 2.44. The number of hydrogen-bond acceptors (Lipinski definition) is 3. The molecule has 1 aliphatic heterocycles. The summed E-state index contributed by atoms with van der Waals surface area (Å²) in [7, 11) is -3.52. The van der Waals surface area contributed by atoms with E-state index < -0.39 is 20.7 Å². The van der Waals surface area contributed by atoms with Crippen LogP contribution in [-0.2, 0) is 14.6 Å². The van der Waals surface area contributed by atoms with Crippen LogP contribution in [0.4, 0.5) is 0 Å². The van der Waals surface area contributed by atoms with Crippen LogP contribution >= 0.6 is 11.6 Å². The molecule has 5 heteroatoms. The van der Waals surface area contributed by atoms with Crippen molar-refractivity contribution in [3.8, 4) is 0 Å². The van der Waals surface area contributed by atoms with E-state index in [1.165, 1.54) is 12.1 Å². The highest BCUT2D eigenvalue weighted by atomic mass is 35.5. The highest BCUT2D eigenvalue weighted by Crippen LogP contribution is 2.39. The van der Waals surface area contributed by atoms with Crippen molar-refractivity contribution in [1.82, 2.24) is 0 Å². The number of halogens is 1. The van der Waals surface area contributed by atoms with Crippen LogP contribution in [0.3, 0.4) is 0 Å². The second kappa shape index (κ2) is 5.35. The van der Waals surface area contributed by atoms with Gasteiger partial charge in [0.15, 0.2) is 9.84 Å². The highest BCUT2D eigenvalue weighted by molar-refractivity contribution is 7.92. The number of ether oxygens (including phenoxy) is 1. The standard InChI is InChI=1S/C15H17ClO3S/c1-4-12-10-14(15(3,5-2)19-12)20(17,18)13-8-6-11(16)7-9-13/h4-9,12,14H,1-2,10H2,3H3/t12-,14+,15+/m1/s1. The SMILES string of the molecule is C=C[C@@H]1C[C@H](S(=O)(=O)c2ccc(Cl)cc2)[C@](C)(C=C)O1. The van der Waals surface area contributed by atoms with E-state index in [9.17, 15) is 8.42 Å². The highest BCUT2D eigenvalue weighted by Gasteiger charge is 2.49. The minimum Gasteiger partial charge on any atom is -0.363 e. The Morgan fingerprint density at radius 3 is 2.45 bits per heavy atom. The van der Waals surface area contributed by atoms with Gasteiger partial charge >= 0.3 is 0 Å². The van der Waals surface area contributed by atoms with Crippen LogP contribution in [-0.4, -0.2) is 25.4 Å². The molecule has 1 fully saturated rings. The van der Waals surface area contributed by atoms with Gasteiger partial charge in [0, 0.05) is 5.02 Å². The van der Waals surface area contributed by atoms with Crippen LogP contribution in [0, 0.1) is 0 Å². The van der Waals surface area contributed by atoms with Crippen LogP contribution in [0.5, 0.6) is 0 Å².